The van der Waals surface area contributed by atoms with Crippen molar-refractivity contribution in [2.24, 2.45) is 0 Å². The van der Waals surface area contributed by atoms with Crippen molar-refractivity contribution in [1.29, 1.82) is 0 Å². The van der Waals surface area contributed by atoms with Crippen LogP contribution in [0.5, 0.6) is 5.88 Å². The van der Waals surface area contributed by atoms with Crippen LogP contribution in [0.3, 0.4) is 0 Å². The average molecular weight is 429 g/mol. The van der Waals surface area contributed by atoms with E-state index in [2.05, 4.69) is 24.8 Å². The van der Waals surface area contributed by atoms with Crippen molar-refractivity contribution in [3.8, 4) is 17.1 Å². The van der Waals surface area contributed by atoms with Gasteiger partial charge in [0.1, 0.15) is 12.2 Å². The number of nitrogens with two attached hydrogens (primary N) is 1. The van der Waals surface area contributed by atoms with E-state index in [-0.39, 0.29) is 24.0 Å². The number of hydrogen-bond donors (Lipinski definition) is 2. The molecule has 1 aliphatic heterocycles. The number of amides is 1. The molecule has 1 aliphatic carbocycles. The highest BCUT2D eigenvalue weighted by atomic mass is 16.5. The van der Waals surface area contributed by atoms with Crippen molar-refractivity contribution in [1.82, 2.24) is 24.8 Å². The number of ether oxygens (including phenoxy) is 2. The first-order valence-corrected chi connectivity index (χ1v) is 10.3. The Morgan fingerprint density at radius 2 is 1.97 bits per heavy atom. The molecule has 0 spiro atoms. The summed E-state index contributed by atoms with van der Waals surface area (Å²) < 4.78 is 11.5. The number of nitrogen functional groups attached to an aromatic ring is 1. The van der Waals surface area contributed by atoms with Crippen LogP contribution >= 0.6 is 0 Å². The van der Waals surface area contributed by atoms with Gasteiger partial charge in [0.2, 0.25) is 17.8 Å². The van der Waals surface area contributed by atoms with E-state index in [4.69, 9.17) is 15.2 Å². The van der Waals surface area contributed by atoms with E-state index in [0.717, 1.165) is 0 Å². The van der Waals surface area contributed by atoms with Crippen molar-refractivity contribution in [2.45, 2.75) is 38.0 Å². The van der Waals surface area contributed by atoms with E-state index in [9.17, 15) is 9.90 Å². The second kappa shape index (κ2) is 8.98. The van der Waals surface area contributed by atoms with Gasteiger partial charge < -0.3 is 30.1 Å². The first-order chi connectivity index (χ1) is 14.9. The Labute approximate surface area is 180 Å². The summed E-state index contributed by atoms with van der Waals surface area (Å²) >= 11 is 0. The Kier molecular flexibility index (Phi) is 6.14. The maximum atomic E-state index is 12.0. The zero-order valence-electron chi connectivity index (χ0n) is 17.6. The molecule has 1 saturated heterocycles. The molecule has 0 aromatic carbocycles. The van der Waals surface area contributed by atoms with Crippen LogP contribution in [-0.2, 0) is 9.53 Å². The van der Waals surface area contributed by atoms with Crippen molar-refractivity contribution in [3.05, 3.63) is 18.5 Å². The van der Waals surface area contributed by atoms with Crippen molar-refractivity contribution in [3.63, 3.8) is 0 Å². The molecule has 2 aliphatic rings. The average Bonchev–Trinajstić information content (AvgIpc) is 2.76. The van der Waals surface area contributed by atoms with Crippen LogP contribution in [0.25, 0.3) is 11.3 Å². The van der Waals surface area contributed by atoms with Gasteiger partial charge in [0.25, 0.3) is 5.91 Å². The molecule has 3 N–H and O–H groups in total. The number of aliphatic hydroxyl groups excluding tert-OH is 1. The van der Waals surface area contributed by atoms with Crippen LogP contribution in [0, 0.1) is 0 Å². The summed E-state index contributed by atoms with van der Waals surface area (Å²) in [6.45, 7) is 4.09. The molecular formula is C20H27N7O4. The minimum Gasteiger partial charge on any atom is -0.474 e. The van der Waals surface area contributed by atoms with Gasteiger partial charge in [0.05, 0.1) is 18.9 Å². The number of hydrogen-bond acceptors (Lipinski definition) is 10. The van der Waals surface area contributed by atoms with Gasteiger partial charge >= 0.3 is 0 Å². The van der Waals surface area contributed by atoms with Crippen molar-refractivity contribution in [2.75, 3.05) is 44.0 Å². The number of morpholine rings is 1. The number of aliphatic hydroxyl groups is 1. The quantitative estimate of drug-likeness (QED) is 0.650. The van der Waals surface area contributed by atoms with Crippen LogP contribution in [0.15, 0.2) is 18.5 Å². The molecule has 0 unspecified atom stereocenters. The van der Waals surface area contributed by atoms with Gasteiger partial charge in [0.15, 0.2) is 0 Å². The second-order valence-corrected chi connectivity index (χ2v) is 7.81. The van der Waals surface area contributed by atoms with Gasteiger partial charge in [-0.2, -0.15) is 4.98 Å². The molecule has 0 radical (unpaired) electrons. The molecule has 1 atom stereocenters. The zero-order valence-corrected chi connectivity index (χ0v) is 17.6. The number of rotatable bonds is 6. The lowest BCUT2D eigenvalue weighted by Crippen LogP contribution is -2.52. The Bertz CT molecular complexity index is 912. The fourth-order valence-corrected chi connectivity index (χ4v) is 3.59. The molecule has 4 rings (SSSR count). The van der Waals surface area contributed by atoms with E-state index in [1.165, 1.54) is 6.92 Å². The summed E-state index contributed by atoms with van der Waals surface area (Å²) in [5.74, 6) is 0.922. The third-order valence-corrected chi connectivity index (χ3v) is 5.56. The maximum Gasteiger partial charge on any atom is 0.251 e. The first kappa shape index (κ1) is 21.2. The monoisotopic (exact) mass is 429 g/mol. The van der Waals surface area contributed by atoms with E-state index >= 15 is 0 Å². The Hall–Kier alpha value is -3.05. The fourth-order valence-electron chi connectivity index (χ4n) is 3.59. The predicted molar refractivity (Wildman–Crippen MR) is 112 cm³/mol. The minimum atomic E-state index is -1.01. The normalized spacial score (nSPS) is 21.8. The first-order valence-electron chi connectivity index (χ1n) is 10.3. The standard InChI is InChI=1S/C20H27N7O4/c1-12(28)18(29)26(2)14-7-15(8-14)31-17-9-16(13-10-22-19(21)23-11-13)24-20(25-17)27-3-5-30-6-4-27/h9-12,14-15,28H,3-8H2,1-2H3,(H2,21,22,23)/t12-,14-,15-/m1/s1. The topological polar surface area (TPSA) is 140 Å². The SMILES string of the molecule is C[C@@H](O)C(=O)N(C)[C@H]1C[C@H](Oc2cc(-c3cnc(N)nc3)nc(N3CCOCC3)n2)C1. The Balaban J connectivity index is 1.51. The lowest BCUT2D eigenvalue weighted by atomic mass is 9.88. The summed E-state index contributed by atoms with van der Waals surface area (Å²) in [4.78, 5) is 33.0. The van der Waals surface area contributed by atoms with Gasteiger partial charge in [-0.3, -0.25) is 4.79 Å². The van der Waals surface area contributed by atoms with Gasteiger partial charge in [-0.05, 0) is 6.92 Å². The number of carbonyl (C=O) groups is 1. The lowest BCUT2D eigenvalue weighted by molar-refractivity contribution is -0.143. The molecule has 31 heavy (non-hydrogen) atoms. The van der Waals surface area contributed by atoms with Gasteiger partial charge in [-0.1, -0.05) is 0 Å². The third-order valence-electron chi connectivity index (χ3n) is 5.56. The molecule has 11 nitrogen and oxygen atoms in total. The van der Waals surface area contributed by atoms with Gasteiger partial charge in [-0.25, -0.2) is 15.0 Å². The summed E-state index contributed by atoms with van der Waals surface area (Å²) in [5, 5.41) is 9.50. The number of carbonyl (C=O) groups excluding carboxylic acids is 1. The largest absolute Gasteiger partial charge is 0.474 e. The number of anilines is 2. The van der Waals surface area contributed by atoms with E-state index in [1.807, 2.05) is 0 Å². The highest BCUT2D eigenvalue weighted by Crippen LogP contribution is 2.31. The summed E-state index contributed by atoms with van der Waals surface area (Å²) in [5.41, 5.74) is 6.96. The minimum absolute atomic E-state index is 0.0395. The predicted octanol–water partition coefficient (Wildman–Crippen LogP) is 0.101. The molecular weight excluding hydrogens is 402 g/mol. The molecule has 1 amide bonds. The van der Waals surface area contributed by atoms with Crippen LogP contribution < -0.4 is 15.4 Å². The van der Waals surface area contributed by atoms with Crippen LogP contribution in [-0.4, -0.2) is 87.5 Å². The van der Waals surface area contributed by atoms with E-state index < -0.39 is 6.10 Å². The van der Waals surface area contributed by atoms with Crippen LogP contribution in [0.1, 0.15) is 19.8 Å². The molecule has 1 saturated carbocycles. The van der Waals surface area contributed by atoms with Crippen molar-refractivity contribution >= 4 is 17.8 Å². The maximum absolute atomic E-state index is 12.0. The molecule has 2 aromatic rings. The number of aromatic nitrogens is 4. The molecule has 0 bridgehead atoms. The van der Waals surface area contributed by atoms with Gasteiger partial charge in [0, 0.05) is 63.0 Å². The highest BCUT2D eigenvalue weighted by Gasteiger charge is 2.37. The molecule has 166 valence electrons. The molecule has 2 fully saturated rings. The Morgan fingerprint density at radius 3 is 2.61 bits per heavy atom. The van der Waals surface area contributed by atoms with Gasteiger partial charge in [-0.15, -0.1) is 0 Å². The number of nitrogens with zero attached hydrogens (tertiary/aromatic N) is 6. The van der Waals surface area contributed by atoms with Crippen LogP contribution in [0.2, 0.25) is 0 Å². The third kappa shape index (κ3) is 4.83. The Morgan fingerprint density at radius 1 is 1.29 bits per heavy atom. The number of likely N-dealkylation sites (N-methyl/N-ethyl adjacent to an activating group) is 1. The highest BCUT2D eigenvalue weighted by molar-refractivity contribution is 5.80. The summed E-state index contributed by atoms with van der Waals surface area (Å²) in [6, 6.07) is 1.80. The van der Waals surface area contributed by atoms with Crippen molar-refractivity contribution < 1.29 is 19.4 Å². The summed E-state index contributed by atoms with van der Waals surface area (Å²) in [6.07, 6.45) is 3.50. The van der Waals surface area contributed by atoms with E-state index in [0.29, 0.717) is 62.2 Å². The smallest absolute Gasteiger partial charge is 0.251 e. The fraction of sp³-hybridized carbons (Fsp3) is 0.550. The zero-order chi connectivity index (χ0) is 22.0. The molecule has 2 aromatic heterocycles. The molecule has 3 heterocycles. The summed E-state index contributed by atoms with van der Waals surface area (Å²) in [7, 11) is 1.70. The second-order valence-electron chi connectivity index (χ2n) is 7.81. The van der Waals surface area contributed by atoms with Crippen LogP contribution in [0.4, 0.5) is 11.9 Å². The van der Waals surface area contributed by atoms with E-state index in [1.54, 1.807) is 30.4 Å². The lowest BCUT2D eigenvalue weighted by Gasteiger charge is -2.41. The molecule has 11 heteroatoms.